The molecule has 0 saturated carbocycles. The fourth-order valence-corrected chi connectivity index (χ4v) is 2.92. The molecule has 0 saturated heterocycles. The molecular formula is C24H23FN2O3. The lowest BCUT2D eigenvalue weighted by Gasteiger charge is -2.19. The van der Waals surface area contributed by atoms with Crippen LogP contribution in [-0.2, 0) is 22.6 Å². The number of hydrogen-bond donors (Lipinski definition) is 2. The van der Waals surface area contributed by atoms with Crippen molar-refractivity contribution in [2.24, 2.45) is 0 Å². The SMILES string of the molecule is Cc1ccc(F)c(NC(=O)[C@H](Cc2ccccc2)NC(=O)OCc2ccccc2)c1. The molecule has 0 aliphatic heterocycles. The van der Waals surface area contributed by atoms with E-state index in [1.54, 1.807) is 19.1 Å². The van der Waals surface area contributed by atoms with Crippen LogP contribution < -0.4 is 10.6 Å². The van der Waals surface area contributed by atoms with Gasteiger partial charge in [-0.3, -0.25) is 4.79 Å². The summed E-state index contributed by atoms with van der Waals surface area (Å²) in [5, 5.41) is 5.16. The number of carbonyl (C=O) groups is 2. The zero-order valence-corrected chi connectivity index (χ0v) is 16.6. The van der Waals surface area contributed by atoms with Gasteiger partial charge in [-0.2, -0.15) is 0 Å². The number of alkyl carbamates (subject to hydrolysis) is 1. The second kappa shape index (κ2) is 10.2. The van der Waals surface area contributed by atoms with Crippen LogP contribution in [0.15, 0.2) is 78.9 Å². The van der Waals surface area contributed by atoms with Crippen LogP contribution in [0.25, 0.3) is 0 Å². The highest BCUT2D eigenvalue weighted by Crippen LogP contribution is 2.16. The smallest absolute Gasteiger partial charge is 0.408 e. The van der Waals surface area contributed by atoms with E-state index < -0.39 is 23.9 Å². The molecule has 0 unspecified atom stereocenters. The minimum atomic E-state index is -0.935. The minimum Gasteiger partial charge on any atom is -0.445 e. The molecule has 2 N–H and O–H groups in total. The Labute approximate surface area is 174 Å². The summed E-state index contributed by atoms with van der Waals surface area (Å²) in [6, 6.07) is 22.0. The van der Waals surface area contributed by atoms with Gasteiger partial charge in [0.1, 0.15) is 18.5 Å². The maximum Gasteiger partial charge on any atom is 0.408 e. The van der Waals surface area contributed by atoms with Gasteiger partial charge in [0.15, 0.2) is 0 Å². The summed E-state index contributed by atoms with van der Waals surface area (Å²) in [7, 11) is 0. The third-order valence-corrected chi connectivity index (χ3v) is 4.48. The average molecular weight is 406 g/mol. The maximum absolute atomic E-state index is 14.1. The first-order valence-electron chi connectivity index (χ1n) is 9.59. The lowest BCUT2D eigenvalue weighted by molar-refractivity contribution is -0.118. The van der Waals surface area contributed by atoms with Gasteiger partial charge in [0, 0.05) is 6.42 Å². The number of anilines is 1. The third-order valence-electron chi connectivity index (χ3n) is 4.48. The molecule has 0 spiro atoms. The molecule has 5 nitrogen and oxygen atoms in total. The van der Waals surface area contributed by atoms with Crippen LogP contribution in [0.5, 0.6) is 0 Å². The van der Waals surface area contributed by atoms with Gasteiger partial charge < -0.3 is 15.4 Å². The van der Waals surface area contributed by atoms with Crippen molar-refractivity contribution in [3.63, 3.8) is 0 Å². The molecule has 3 aromatic carbocycles. The van der Waals surface area contributed by atoms with Crippen molar-refractivity contribution in [2.75, 3.05) is 5.32 Å². The lowest BCUT2D eigenvalue weighted by atomic mass is 10.1. The van der Waals surface area contributed by atoms with E-state index in [4.69, 9.17) is 4.74 Å². The Balaban J connectivity index is 1.69. The number of nitrogens with one attached hydrogen (secondary N) is 2. The Bertz CT molecular complexity index is 994. The third kappa shape index (κ3) is 6.17. The Kier molecular flexibility index (Phi) is 7.16. The molecule has 0 aliphatic rings. The molecule has 6 heteroatoms. The molecule has 0 heterocycles. The summed E-state index contributed by atoms with van der Waals surface area (Å²) in [5.74, 6) is -1.07. The van der Waals surface area contributed by atoms with E-state index in [-0.39, 0.29) is 18.7 Å². The van der Waals surface area contributed by atoms with E-state index in [0.29, 0.717) is 0 Å². The van der Waals surface area contributed by atoms with E-state index in [1.807, 2.05) is 60.7 Å². The predicted octanol–water partition coefficient (Wildman–Crippen LogP) is 4.61. The largest absolute Gasteiger partial charge is 0.445 e. The van der Waals surface area contributed by atoms with Crippen molar-refractivity contribution in [3.8, 4) is 0 Å². The molecule has 2 amide bonds. The summed E-state index contributed by atoms with van der Waals surface area (Å²) in [4.78, 5) is 25.1. The highest BCUT2D eigenvalue weighted by molar-refractivity contribution is 5.96. The van der Waals surface area contributed by atoms with Gasteiger partial charge in [0.25, 0.3) is 0 Å². The number of hydrogen-bond acceptors (Lipinski definition) is 3. The van der Waals surface area contributed by atoms with Crippen molar-refractivity contribution in [1.82, 2.24) is 5.32 Å². The minimum absolute atomic E-state index is 0.0671. The number of halogens is 1. The monoisotopic (exact) mass is 406 g/mol. The first kappa shape index (κ1) is 21.0. The summed E-state index contributed by atoms with van der Waals surface area (Å²) in [6.07, 6.45) is -0.486. The number of ether oxygens (including phenoxy) is 1. The van der Waals surface area contributed by atoms with Crippen LogP contribution >= 0.6 is 0 Å². The zero-order valence-electron chi connectivity index (χ0n) is 16.6. The normalized spacial score (nSPS) is 11.4. The van der Waals surface area contributed by atoms with Crippen molar-refractivity contribution >= 4 is 17.7 Å². The highest BCUT2D eigenvalue weighted by Gasteiger charge is 2.23. The number of aryl methyl sites for hydroxylation is 1. The summed E-state index contributed by atoms with van der Waals surface area (Å²) in [5.41, 5.74) is 2.56. The van der Waals surface area contributed by atoms with Crippen molar-refractivity contribution < 1.29 is 18.7 Å². The molecule has 30 heavy (non-hydrogen) atoms. The Hall–Kier alpha value is -3.67. The first-order chi connectivity index (χ1) is 14.5. The second-order valence-electron chi connectivity index (χ2n) is 6.92. The van der Waals surface area contributed by atoms with E-state index in [9.17, 15) is 14.0 Å². The number of benzene rings is 3. The van der Waals surface area contributed by atoms with Crippen LogP contribution in [0.2, 0.25) is 0 Å². The van der Waals surface area contributed by atoms with Gasteiger partial charge in [-0.25, -0.2) is 9.18 Å². The summed E-state index contributed by atoms with van der Waals surface area (Å²) < 4.78 is 19.3. The van der Waals surface area contributed by atoms with Crippen LogP contribution in [-0.4, -0.2) is 18.0 Å². The van der Waals surface area contributed by atoms with Crippen LogP contribution in [0.1, 0.15) is 16.7 Å². The van der Waals surface area contributed by atoms with Gasteiger partial charge >= 0.3 is 6.09 Å². The fourth-order valence-electron chi connectivity index (χ4n) is 2.92. The van der Waals surface area contributed by atoms with E-state index >= 15 is 0 Å². The fraction of sp³-hybridized carbons (Fsp3) is 0.167. The molecular weight excluding hydrogens is 383 g/mol. The van der Waals surface area contributed by atoms with E-state index in [0.717, 1.165) is 16.7 Å². The molecule has 0 fully saturated rings. The Morgan fingerprint density at radius 3 is 2.23 bits per heavy atom. The molecule has 154 valence electrons. The maximum atomic E-state index is 14.1. The Morgan fingerprint density at radius 1 is 0.933 bits per heavy atom. The molecule has 0 radical (unpaired) electrons. The molecule has 3 aromatic rings. The van der Waals surface area contributed by atoms with Gasteiger partial charge in [0.05, 0.1) is 5.69 Å². The molecule has 1 atom stereocenters. The number of rotatable bonds is 7. The molecule has 0 bridgehead atoms. The topological polar surface area (TPSA) is 67.4 Å². The highest BCUT2D eigenvalue weighted by atomic mass is 19.1. The van der Waals surface area contributed by atoms with Crippen LogP contribution in [0.4, 0.5) is 14.9 Å². The standard InChI is InChI=1S/C24H23FN2O3/c1-17-12-13-20(25)21(14-17)26-23(28)22(15-18-8-4-2-5-9-18)27-24(29)30-16-19-10-6-3-7-11-19/h2-14,22H,15-16H2,1H3,(H,26,28)(H,27,29)/t22-/m0/s1. The zero-order chi connectivity index (χ0) is 21.3. The molecule has 0 aliphatic carbocycles. The number of amides is 2. The Morgan fingerprint density at radius 2 is 1.57 bits per heavy atom. The van der Waals surface area contributed by atoms with Crippen LogP contribution in [0, 0.1) is 12.7 Å². The average Bonchev–Trinajstić information content (AvgIpc) is 2.76. The van der Waals surface area contributed by atoms with E-state index in [1.165, 1.54) is 6.07 Å². The molecule has 0 aromatic heterocycles. The van der Waals surface area contributed by atoms with Gasteiger partial charge in [-0.05, 0) is 35.7 Å². The van der Waals surface area contributed by atoms with Crippen molar-refractivity contribution in [3.05, 3.63) is 101 Å². The van der Waals surface area contributed by atoms with Crippen LogP contribution in [0.3, 0.4) is 0 Å². The van der Waals surface area contributed by atoms with E-state index in [2.05, 4.69) is 10.6 Å². The van der Waals surface area contributed by atoms with Gasteiger partial charge in [-0.15, -0.1) is 0 Å². The summed E-state index contributed by atoms with van der Waals surface area (Å²) in [6.45, 7) is 1.88. The first-order valence-corrected chi connectivity index (χ1v) is 9.59. The summed E-state index contributed by atoms with van der Waals surface area (Å²) >= 11 is 0. The quantitative estimate of drug-likeness (QED) is 0.602. The lowest BCUT2D eigenvalue weighted by Crippen LogP contribution is -2.45. The van der Waals surface area contributed by atoms with Crippen molar-refractivity contribution in [1.29, 1.82) is 0 Å². The van der Waals surface area contributed by atoms with Gasteiger partial charge in [-0.1, -0.05) is 66.7 Å². The second-order valence-corrected chi connectivity index (χ2v) is 6.92. The molecule has 3 rings (SSSR count). The number of carbonyl (C=O) groups excluding carboxylic acids is 2. The predicted molar refractivity (Wildman–Crippen MR) is 113 cm³/mol. The van der Waals surface area contributed by atoms with Crippen molar-refractivity contribution in [2.45, 2.75) is 26.0 Å². The van der Waals surface area contributed by atoms with Gasteiger partial charge in [0.2, 0.25) is 5.91 Å².